The smallest absolute Gasteiger partial charge is 0.410 e. The van der Waals surface area contributed by atoms with Gasteiger partial charge < -0.3 is 19.1 Å². The van der Waals surface area contributed by atoms with Gasteiger partial charge in [-0.1, -0.05) is 5.16 Å². The third-order valence-corrected chi connectivity index (χ3v) is 5.56. The maximum atomic E-state index is 12.9. The van der Waals surface area contributed by atoms with E-state index in [1.165, 1.54) is 0 Å². The van der Waals surface area contributed by atoms with Gasteiger partial charge in [-0.3, -0.25) is 9.48 Å². The second kappa shape index (κ2) is 6.40. The van der Waals surface area contributed by atoms with Gasteiger partial charge >= 0.3 is 6.09 Å². The van der Waals surface area contributed by atoms with Crippen molar-refractivity contribution in [2.24, 2.45) is 7.05 Å². The Morgan fingerprint density at radius 3 is 2.74 bits per heavy atom. The van der Waals surface area contributed by atoms with E-state index >= 15 is 0 Å². The van der Waals surface area contributed by atoms with Crippen molar-refractivity contribution in [2.75, 3.05) is 26.7 Å². The number of aryl methyl sites for hydroxylation is 1. The van der Waals surface area contributed by atoms with E-state index in [0.717, 1.165) is 24.1 Å². The number of carbonyl (C=O) groups excluding carboxylic acids is 2. The third-order valence-electron chi connectivity index (χ3n) is 5.56. The van der Waals surface area contributed by atoms with Gasteiger partial charge in [-0.05, 0) is 19.8 Å². The fourth-order valence-corrected chi connectivity index (χ4v) is 3.83. The van der Waals surface area contributed by atoms with Crippen LogP contribution in [0.2, 0.25) is 0 Å². The molecule has 0 unspecified atom stereocenters. The van der Waals surface area contributed by atoms with Gasteiger partial charge in [-0.25, -0.2) is 4.79 Å². The maximum Gasteiger partial charge on any atom is 0.410 e. The lowest BCUT2D eigenvalue weighted by atomic mass is 9.95. The Hall–Kier alpha value is -2.84. The molecule has 2 amide bonds. The molecule has 2 saturated heterocycles. The lowest BCUT2D eigenvalue weighted by Crippen LogP contribution is -2.36. The molecule has 2 aromatic rings. The summed E-state index contributed by atoms with van der Waals surface area (Å²) < 4.78 is 12.7. The van der Waals surface area contributed by atoms with Crippen LogP contribution in [0.4, 0.5) is 4.79 Å². The molecule has 4 rings (SSSR count). The van der Waals surface area contributed by atoms with Crippen molar-refractivity contribution in [3.63, 3.8) is 0 Å². The zero-order valence-corrected chi connectivity index (χ0v) is 15.8. The number of hydrogen-bond acceptors (Lipinski definition) is 6. The Balaban J connectivity index is 1.47. The van der Waals surface area contributed by atoms with Crippen LogP contribution in [0.5, 0.6) is 0 Å². The van der Waals surface area contributed by atoms with Crippen molar-refractivity contribution >= 4 is 12.0 Å². The first kappa shape index (κ1) is 17.6. The Morgan fingerprint density at radius 1 is 1.26 bits per heavy atom. The molecule has 2 fully saturated rings. The molecular weight excluding hydrogens is 350 g/mol. The molecule has 2 aliphatic rings. The molecule has 2 aromatic heterocycles. The van der Waals surface area contributed by atoms with Crippen LogP contribution in [-0.2, 0) is 11.8 Å². The molecule has 9 nitrogen and oxygen atoms in total. The number of likely N-dealkylation sites (tertiary alicyclic amines) is 1. The first-order valence-corrected chi connectivity index (χ1v) is 9.08. The fourth-order valence-electron chi connectivity index (χ4n) is 3.83. The van der Waals surface area contributed by atoms with Crippen molar-refractivity contribution in [2.45, 2.75) is 31.8 Å². The Morgan fingerprint density at radius 2 is 2.07 bits per heavy atom. The molecular formula is C18H23N5O4. The standard InChI is InChI=1S/C18H23N5O4/c1-12-13(10-19-22(12)3)15-9-14(20-27-15)16(24)23-7-4-5-18(6-8-23)11-21(2)17(25)26-18/h9-10H,4-8,11H2,1-3H3/t18-/m0/s1. The van der Waals surface area contributed by atoms with Crippen molar-refractivity contribution < 1.29 is 18.8 Å². The summed E-state index contributed by atoms with van der Waals surface area (Å²) in [5.74, 6) is 0.364. The van der Waals surface area contributed by atoms with E-state index in [2.05, 4.69) is 10.3 Å². The molecule has 1 atom stereocenters. The summed E-state index contributed by atoms with van der Waals surface area (Å²) in [6, 6.07) is 1.66. The van der Waals surface area contributed by atoms with E-state index in [1.54, 1.807) is 33.8 Å². The number of amides is 2. The predicted octanol–water partition coefficient (Wildman–Crippen LogP) is 1.83. The molecule has 0 aromatic carbocycles. The maximum absolute atomic E-state index is 12.9. The average Bonchev–Trinajstić information content (AvgIpc) is 3.26. The summed E-state index contributed by atoms with van der Waals surface area (Å²) in [5, 5.41) is 8.15. The fraction of sp³-hybridized carbons (Fsp3) is 0.556. The van der Waals surface area contributed by atoms with Gasteiger partial charge in [0.15, 0.2) is 11.5 Å². The molecule has 144 valence electrons. The molecule has 4 heterocycles. The number of carbonyl (C=O) groups is 2. The van der Waals surface area contributed by atoms with Crippen LogP contribution in [0.25, 0.3) is 11.3 Å². The largest absolute Gasteiger partial charge is 0.441 e. The van der Waals surface area contributed by atoms with Gasteiger partial charge in [0.05, 0.1) is 18.3 Å². The van der Waals surface area contributed by atoms with Gasteiger partial charge in [-0.15, -0.1) is 0 Å². The van der Waals surface area contributed by atoms with Gasteiger partial charge in [0, 0.05) is 45.4 Å². The molecule has 1 spiro atoms. The summed E-state index contributed by atoms with van der Waals surface area (Å²) in [6.45, 7) is 3.63. The van der Waals surface area contributed by atoms with E-state index < -0.39 is 5.60 Å². The van der Waals surface area contributed by atoms with Crippen LogP contribution in [-0.4, -0.2) is 69.0 Å². The summed E-state index contributed by atoms with van der Waals surface area (Å²) in [7, 11) is 3.59. The summed E-state index contributed by atoms with van der Waals surface area (Å²) >= 11 is 0. The number of nitrogens with zero attached hydrogens (tertiary/aromatic N) is 5. The van der Waals surface area contributed by atoms with Crippen molar-refractivity contribution in [1.82, 2.24) is 24.7 Å². The second-order valence-corrected chi connectivity index (χ2v) is 7.40. The van der Waals surface area contributed by atoms with Gasteiger partial charge in [0.1, 0.15) is 5.60 Å². The van der Waals surface area contributed by atoms with Crippen LogP contribution < -0.4 is 0 Å². The van der Waals surface area contributed by atoms with Crippen LogP contribution in [0.3, 0.4) is 0 Å². The van der Waals surface area contributed by atoms with Crippen LogP contribution in [0.1, 0.15) is 35.4 Å². The van der Waals surface area contributed by atoms with Gasteiger partial charge in [0.25, 0.3) is 5.91 Å². The minimum atomic E-state index is -0.483. The Bertz CT molecular complexity index is 888. The summed E-state index contributed by atoms with van der Waals surface area (Å²) in [4.78, 5) is 28.0. The lowest BCUT2D eigenvalue weighted by molar-refractivity contribution is 0.0438. The van der Waals surface area contributed by atoms with Crippen LogP contribution in [0.15, 0.2) is 16.8 Å². The highest BCUT2D eigenvalue weighted by atomic mass is 16.6. The second-order valence-electron chi connectivity index (χ2n) is 7.40. The molecule has 27 heavy (non-hydrogen) atoms. The first-order valence-electron chi connectivity index (χ1n) is 9.08. The molecule has 0 aliphatic carbocycles. The quantitative estimate of drug-likeness (QED) is 0.797. The molecule has 2 aliphatic heterocycles. The molecule has 0 bridgehead atoms. The van der Waals surface area contributed by atoms with E-state index in [9.17, 15) is 9.59 Å². The Labute approximate surface area is 156 Å². The molecule has 9 heteroatoms. The van der Waals surface area contributed by atoms with Gasteiger partial charge in [0.2, 0.25) is 0 Å². The molecule has 0 saturated carbocycles. The van der Waals surface area contributed by atoms with Crippen LogP contribution >= 0.6 is 0 Å². The first-order chi connectivity index (χ1) is 12.9. The highest BCUT2D eigenvalue weighted by molar-refractivity contribution is 5.93. The lowest BCUT2D eigenvalue weighted by Gasteiger charge is -2.25. The number of likely N-dealkylation sites (N-methyl/N-ethyl adjacent to an activating group) is 1. The number of rotatable bonds is 2. The SMILES string of the molecule is Cc1c(-c2cc(C(=O)N3CCC[C@]4(CC3)CN(C)C(=O)O4)no2)cnn1C. The van der Waals surface area contributed by atoms with Crippen molar-refractivity contribution in [3.8, 4) is 11.3 Å². The summed E-state index contributed by atoms with van der Waals surface area (Å²) in [6.07, 6.45) is 3.57. The summed E-state index contributed by atoms with van der Waals surface area (Å²) in [5.41, 5.74) is 1.56. The number of hydrogen-bond donors (Lipinski definition) is 0. The highest BCUT2D eigenvalue weighted by Gasteiger charge is 2.44. The predicted molar refractivity (Wildman–Crippen MR) is 95.0 cm³/mol. The highest BCUT2D eigenvalue weighted by Crippen LogP contribution is 2.33. The van der Waals surface area contributed by atoms with Crippen LogP contribution in [0, 0.1) is 6.92 Å². The Kier molecular flexibility index (Phi) is 4.16. The average molecular weight is 373 g/mol. The minimum absolute atomic E-state index is 0.165. The van der Waals surface area contributed by atoms with Crippen molar-refractivity contribution in [3.05, 3.63) is 23.7 Å². The van der Waals surface area contributed by atoms with E-state index in [4.69, 9.17) is 9.26 Å². The van der Waals surface area contributed by atoms with E-state index in [0.29, 0.717) is 31.8 Å². The third kappa shape index (κ3) is 3.07. The monoisotopic (exact) mass is 373 g/mol. The number of aromatic nitrogens is 3. The zero-order chi connectivity index (χ0) is 19.2. The van der Waals surface area contributed by atoms with Crippen molar-refractivity contribution in [1.29, 1.82) is 0 Å². The molecule has 0 N–H and O–H groups in total. The van der Waals surface area contributed by atoms with E-state index in [-0.39, 0.29) is 17.7 Å². The van der Waals surface area contributed by atoms with E-state index in [1.807, 2.05) is 14.0 Å². The minimum Gasteiger partial charge on any atom is -0.441 e. The topological polar surface area (TPSA) is 93.7 Å². The zero-order valence-electron chi connectivity index (χ0n) is 15.8. The molecule has 0 radical (unpaired) electrons. The van der Waals surface area contributed by atoms with Gasteiger partial charge in [-0.2, -0.15) is 5.10 Å². The number of ether oxygens (including phenoxy) is 1. The normalized spacial score (nSPS) is 23.0.